The van der Waals surface area contributed by atoms with Crippen LogP contribution in [0.5, 0.6) is 0 Å². The summed E-state index contributed by atoms with van der Waals surface area (Å²) in [4.78, 5) is 13.5. The first kappa shape index (κ1) is 19.0. The number of nitrogens with two attached hydrogens (primary N) is 1. The van der Waals surface area contributed by atoms with Crippen LogP contribution in [0, 0.1) is 0 Å². The lowest BCUT2D eigenvalue weighted by Crippen LogP contribution is -2.48. The number of nitrogen functional groups attached to an aromatic ring is 1. The highest BCUT2D eigenvalue weighted by atomic mass is 32.2. The van der Waals surface area contributed by atoms with Gasteiger partial charge in [0, 0.05) is 25.7 Å². The standard InChI is InChI=1S/C18H24N6O3S/c1-3-13-22-15-16(14-12(21-17(15)19)5-4-8-20-14)24(13)11-18(25)6-9-23(10-7-18)28(2,26)27/h4-5,8,25H,3,6-7,9-11H2,1-2H3,(H2,19,21). The molecule has 4 rings (SSSR count). The number of sulfonamides is 1. The van der Waals surface area contributed by atoms with Crippen molar-refractivity contribution in [1.29, 1.82) is 0 Å². The zero-order valence-corrected chi connectivity index (χ0v) is 16.8. The number of aromatic nitrogens is 4. The molecule has 0 aromatic carbocycles. The van der Waals surface area contributed by atoms with Crippen molar-refractivity contribution < 1.29 is 13.5 Å². The van der Waals surface area contributed by atoms with Gasteiger partial charge in [0.2, 0.25) is 10.0 Å². The first-order valence-electron chi connectivity index (χ1n) is 9.29. The first-order chi connectivity index (χ1) is 13.2. The highest BCUT2D eigenvalue weighted by Crippen LogP contribution is 2.32. The molecule has 1 aliphatic rings. The van der Waals surface area contributed by atoms with Crippen LogP contribution in [0.15, 0.2) is 18.3 Å². The minimum Gasteiger partial charge on any atom is -0.388 e. The maximum absolute atomic E-state index is 11.8. The van der Waals surface area contributed by atoms with Crippen molar-refractivity contribution in [3.63, 3.8) is 0 Å². The molecule has 0 unspecified atom stereocenters. The van der Waals surface area contributed by atoms with E-state index in [2.05, 4.69) is 15.0 Å². The van der Waals surface area contributed by atoms with Crippen molar-refractivity contribution in [2.75, 3.05) is 25.1 Å². The Morgan fingerprint density at radius 1 is 1.25 bits per heavy atom. The lowest BCUT2D eigenvalue weighted by molar-refractivity contribution is -0.0190. The Kier molecular flexibility index (Phi) is 4.52. The number of fused-ring (bicyclic) bond motifs is 3. The number of rotatable bonds is 4. The number of aryl methyl sites for hydroxylation is 1. The molecule has 0 amide bonds. The van der Waals surface area contributed by atoms with Crippen LogP contribution in [-0.2, 0) is 23.0 Å². The summed E-state index contributed by atoms with van der Waals surface area (Å²) in [5.41, 5.74) is 7.82. The molecule has 0 spiro atoms. The van der Waals surface area contributed by atoms with Crippen LogP contribution in [0.2, 0.25) is 0 Å². The predicted octanol–water partition coefficient (Wildman–Crippen LogP) is 0.911. The van der Waals surface area contributed by atoms with Gasteiger partial charge < -0.3 is 15.4 Å². The second-order valence-corrected chi connectivity index (χ2v) is 9.40. The molecular formula is C18H24N6O3S. The summed E-state index contributed by atoms with van der Waals surface area (Å²) in [7, 11) is -3.25. The Morgan fingerprint density at radius 2 is 1.96 bits per heavy atom. The second-order valence-electron chi connectivity index (χ2n) is 7.42. The van der Waals surface area contributed by atoms with Gasteiger partial charge in [-0.25, -0.2) is 22.7 Å². The van der Waals surface area contributed by atoms with Gasteiger partial charge in [-0.15, -0.1) is 0 Å². The average molecular weight is 404 g/mol. The molecule has 150 valence electrons. The molecule has 1 saturated heterocycles. The normalized spacial score (nSPS) is 18.1. The SMILES string of the molecule is CCc1nc2c(N)nc3cccnc3c2n1CC1(O)CCN(S(C)(=O)=O)CC1. The van der Waals surface area contributed by atoms with Gasteiger partial charge >= 0.3 is 0 Å². The van der Waals surface area contributed by atoms with Gasteiger partial charge in [0.05, 0.1) is 23.9 Å². The quantitative estimate of drug-likeness (QED) is 0.661. The predicted molar refractivity (Wildman–Crippen MR) is 107 cm³/mol. The van der Waals surface area contributed by atoms with Gasteiger partial charge in [0.1, 0.15) is 22.4 Å². The van der Waals surface area contributed by atoms with Crippen molar-refractivity contribution >= 4 is 37.9 Å². The van der Waals surface area contributed by atoms with Gasteiger partial charge in [-0.05, 0) is 25.0 Å². The van der Waals surface area contributed by atoms with Gasteiger partial charge in [-0.1, -0.05) is 6.92 Å². The summed E-state index contributed by atoms with van der Waals surface area (Å²) >= 11 is 0. The van der Waals surface area contributed by atoms with Crippen molar-refractivity contribution in [3.05, 3.63) is 24.2 Å². The fourth-order valence-electron chi connectivity index (χ4n) is 3.90. The third kappa shape index (κ3) is 3.21. The molecule has 9 nitrogen and oxygen atoms in total. The topological polar surface area (TPSA) is 127 Å². The van der Waals surface area contributed by atoms with Crippen LogP contribution in [0.4, 0.5) is 5.82 Å². The van der Waals surface area contributed by atoms with Gasteiger partial charge in [0.25, 0.3) is 0 Å². The van der Waals surface area contributed by atoms with Crippen LogP contribution in [-0.4, -0.2) is 62.3 Å². The minimum atomic E-state index is -3.25. The fourth-order valence-corrected chi connectivity index (χ4v) is 4.74. The summed E-state index contributed by atoms with van der Waals surface area (Å²) < 4.78 is 26.9. The van der Waals surface area contributed by atoms with E-state index in [1.54, 1.807) is 12.3 Å². The number of imidazole rings is 1. The van der Waals surface area contributed by atoms with Crippen molar-refractivity contribution in [2.45, 2.75) is 38.3 Å². The maximum atomic E-state index is 11.8. The average Bonchev–Trinajstić information content (AvgIpc) is 3.00. The third-order valence-electron chi connectivity index (χ3n) is 5.43. The lowest BCUT2D eigenvalue weighted by atomic mass is 9.92. The molecule has 3 aromatic heterocycles. The zero-order chi connectivity index (χ0) is 20.1. The fraction of sp³-hybridized carbons (Fsp3) is 0.500. The maximum Gasteiger partial charge on any atom is 0.211 e. The summed E-state index contributed by atoms with van der Waals surface area (Å²) in [6.45, 7) is 2.89. The number of piperidine rings is 1. The van der Waals surface area contributed by atoms with E-state index < -0.39 is 15.6 Å². The number of anilines is 1. The van der Waals surface area contributed by atoms with E-state index in [0.29, 0.717) is 61.3 Å². The largest absolute Gasteiger partial charge is 0.388 e. The van der Waals surface area contributed by atoms with Crippen LogP contribution in [0.25, 0.3) is 22.1 Å². The highest BCUT2D eigenvalue weighted by Gasteiger charge is 2.36. The third-order valence-corrected chi connectivity index (χ3v) is 6.73. The Balaban J connectivity index is 1.78. The number of nitrogens with zero attached hydrogens (tertiary/aromatic N) is 5. The van der Waals surface area contributed by atoms with Crippen molar-refractivity contribution in [3.8, 4) is 0 Å². The molecule has 3 aromatic rings. The summed E-state index contributed by atoms with van der Waals surface area (Å²) in [5, 5.41) is 11.2. The van der Waals surface area contributed by atoms with Crippen LogP contribution in [0.1, 0.15) is 25.6 Å². The molecule has 1 fully saturated rings. The van der Waals surface area contributed by atoms with Crippen LogP contribution < -0.4 is 5.73 Å². The van der Waals surface area contributed by atoms with E-state index in [-0.39, 0.29) is 0 Å². The Hall–Kier alpha value is -2.30. The molecule has 10 heteroatoms. The van der Waals surface area contributed by atoms with E-state index in [4.69, 9.17) is 5.73 Å². The monoisotopic (exact) mass is 404 g/mol. The van der Waals surface area contributed by atoms with Crippen molar-refractivity contribution in [2.24, 2.45) is 0 Å². The van der Waals surface area contributed by atoms with E-state index >= 15 is 0 Å². The number of hydrogen-bond acceptors (Lipinski definition) is 7. The number of hydrogen-bond donors (Lipinski definition) is 2. The molecule has 0 atom stereocenters. The zero-order valence-electron chi connectivity index (χ0n) is 16.0. The Bertz CT molecular complexity index is 1150. The molecule has 4 heterocycles. The molecule has 0 radical (unpaired) electrons. The Labute approximate surface area is 163 Å². The van der Waals surface area contributed by atoms with E-state index in [9.17, 15) is 13.5 Å². The number of aliphatic hydroxyl groups is 1. The molecule has 0 bridgehead atoms. The van der Waals surface area contributed by atoms with E-state index in [1.807, 2.05) is 17.6 Å². The summed E-state index contributed by atoms with van der Waals surface area (Å²) in [6.07, 6.45) is 4.27. The first-order valence-corrected chi connectivity index (χ1v) is 11.1. The second kappa shape index (κ2) is 6.64. The lowest BCUT2D eigenvalue weighted by Gasteiger charge is -2.37. The summed E-state index contributed by atoms with van der Waals surface area (Å²) in [5.74, 6) is 1.13. The van der Waals surface area contributed by atoms with E-state index in [0.717, 1.165) is 11.3 Å². The molecule has 0 saturated carbocycles. The molecular weight excluding hydrogens is 380 g/mol. The molecule has 1 aliphatic heterocycles. The molecule has 28 heavy (non-hydrogen) atoms. The molecule has 0 aliphatic carbocycles. The van der Waals surface area contributed by atoms with Crippen LogP contribution >= 0.6 is 0 Å². The van der Waals surface area contributed by atoms with E-state index in [1.165, 1.54) is 10.6 Å². The van der Waals surface area contributed by atoms with Gasteiger partial charge in [0.15, 0.2) is 5.82 Å². The minimum absolute atomic E-state index is 0.298. The smallest absolute Gasteiger partial charge is 0.211 e. The Morgan fingerprint density at radius 3 is 2.61 bits per heavy atom. The van der Waals surface area contributed by atoms with Gasteiger partial charge in [-0.2, -0.15) is 0 Å². The summed E-state index contributed by atoms with van der Waals surface area (Å²) in [6, 6.07) is 3.65. The number of pyridine rings is 2. The van der Waals surface area contributed by atoms with Crippen LogP contribution in [0.3, 0.4) is 0 Å². The van der Waals surface area contributed by atoms with Gasteiger partial charge in [-0.3, -0.25) is 4.98 Å². The van der Waals surface area contributed by atoms with Crippen molar-refractivity contribution in [1.82, 2.24) is 23.8 Å². The molecule has 3 N–H and O–H groups in total. The highest BCUT2D eigenvalue weighted by molar-refractivity contribution is 7.88.